The maximum Gasteiger partial charge on any atom is 0.233 e. The molecule has 0 atom stereocenters. The molecule has 0 unspecified atom stereocenters. The SMILES string of the molecule is COc1ccccc1Cc1noc(C2CN(C(=O)CSCc3ccccc3)C2)n1. The molecular weight excluding hydrogens is 386 g/mol. The summed E-state index contributed by atoms with van der Waals surface area (Å²) in [4.78, 5) is 18.7. The minimum Gasteiger partial charge on any atom is -0.496 e. The van der Waals surface area contributed by atoms with Gasteiger partial charge in [0.25, 0.3) is 0 Å². The van der Waals surface area contributed by atoms with Gasteiger partial charge < -0.3 is 14.2 Å². The van der Waals surface area contributed by atoms with E-state index in [2.05, 4.69) is 22.3 Å². The van der Waals surface area contributed by atoms with Gasteiger partial charge in [-0.25, -0.2) is 0 Å². The standard InChI is InChI=1S/C22H23N3O3S/c1-27-19-10-6-5-9-17(19)11-20-23-22(28-24-20)18-12-25(13-18)21(26)15-29-14-16-7-3-2-4-8-16/h2-10,18H,11-15H2,1H3. The van der Waals surface area contributed by atoms with Crippen molar-refractivity contribution >= 4 is 17.7 Å². The number of aromatic nitrogens is 2. The molecule has 2 heterocycles. The summed E-state index contributed by atoms with van der Waals surface area (Å²) in [5.41, 5.74) is 2.25. The molecule has 3 aromatic rings. The number of carbonyl (C=O) groups excluding carboxylic acids is 1. The normalized spacial score (nSPS) is 13.9. The number of hydrogen-bond donors (Lipinski definition) is 0. The van der Waals surface area contributed by atoms with Crippen molar-refractivity contribution in [1.29, 1.82) is 0 Å². The van der Waals surface area contributed by atoms with Crippen molar-refractivity contribution in [3.05, 3.63) is 77.4 Å². The third-order valence-electron chi connectivity index (χ3n) is 4.95. The molecule has 1 saturated heterocycles. The molecule has 0 radical (unpaired) electrons. The number of carbonyl (C=O) groups is 1. The Balaban J connectivity index is 1.24. The Labute approximate surface area is 174 Å². The highest BCUT2D eigenvalue weighted by molar-refractivity contribution is 7.99. The van der Waals surface area contributed by atoms with Crippen molar-refractivity contribution in [2.45, 2.75) is 18.1 Å². The lowest BCUT2D eigenvalue weighted by atomic mass is 10.0. The number of nitrogens with zero attached hydrogens (tertiary/aromatic N) is 3. The molecular formula is C22H23N3O3S. The van der Waals surface area contributed by atoms with Crippen molar-refractivity contribution in [2.75, 3.05) is 26.0 Å². The largest absolute Gasteiger partial charge is 0.496 e. The summed E-state index contributed by atoms with van der Waals surface area (Å²) in [6.45, 7) is 1.28. The van der Waals surface area contributed by atoms with Crippen molar-refractivity contribution < 1.29 is 14.1 Å². The lowest BCUT2D eigenvalue weighted by Crippen LogP contribution is -2.49. The summed E-state index contributed by atoms with van der Waals surface area (Å²) in [6.07, 6.45) is 0.555. The molecule has 150 valence electrons. The summed E-state index contributed by atoms with van der Waals surface area (Å²) >= 11 is 1.64. The van der Waals surface area contributed by atoms with E-state index in [0.29, 0.717) is 37.0 Å². The Morgan fingerprint density at radius 1 is 1.17 bits per heavy atom. The van der Waals surface area contributed by atoms with Gasteiger partial charge in [0.05, 0.1) is 18.8 Å². The Morgan fingerprint density at radius 3 is 2.72 bits per heavy atom. The minimum atomic E-state index is 0.122. The van der Waals surface area contributed by atoms with Crippen LogP contribution < -0.4 is 4.74 Å². The van der Waals surface area contributed by atoms with Crippen LogP contribution in [0, 0.1) is 0 Å². The number of rotatable bonds is 8. The first kappa shape index (κ1) is 19.5. The first-order chi connectivity index (χ1) is 14.2. The van der Waals surface area contributed by atoms with E-state index in [1.54, 1.807) is 18.9 Å². The smallest absolute Gasteiger partial charge is 0.233 e. The number of para-hydroxylation sites is 1. The summed E-state index contributed by atoms with van der Waals surface area (Å²) in [5, 5.41) is 4.09. The lowest BCUT2D eigenvalue weighted by Gasteiger charge is -2.37. The van der Waals surface area contributed by atoms with Gasteiger partial charge in [-0.15, -0.1) is 11.8 Å². The molecule has 29 heavy (non-hydrogen) atoms. The molecule has 0 spiro atoms. The second-order valence-electron chi connectivity index (χ2n) is 7.01. The molecule has 1 aliphatic rings. The predicted octanol–water partition coefficient (Wildman–Crippen LogP) is 3.53. The number of benzene rings is 2. The molecule has 0 saturated carbocycles. The van der Waals surface area contributed by atoms with E-state index < -0.39 is 0 Å². The van der Waals surface area contributed by atoms with Gasteiger partial charge in [-0.1, -0.05) is 53.7 Å². The summed E-state index contributed by atoms with van der Waals surface area (Å²) in [6, 6.07) is 18.0. The van der Waals surface area contributed by atoms with Crippen LogP contribution in [0.15, 0.2) is 59.1 Å². The summed E-state index contributed by atoms with van der Waals surface area (Å²) < 4.78 is 10.8. The zero-order valence-corrected chi connectivity index (χ0v) is 17.1. The third-order valence-corrected chi connectivity index (χ3v) is 5.93. The molecule has 6 nitrogen and oxygen atoms in total. The van der Waals surface area contributed by atoms with Gasteiger partial charge in [0.15, 0.2) is 5.82 Å². The number of likely N-dealkylation sites (tertiary alicyclic amines) is 1. The van der Waals surface area contributed by atoms with E-state index in [9.17, 15) is 4.79 Å². The molecule has 0 N–H and O–H groups in total. The third kappa shape index (κ3) is 4.79. The Bertz CT molecular complexity index is 955. The van der Waals surface area contributed by atoms with Gasteiger partial charge in [0, 0.05) is 30.8 Å². The zero-order valence-electron chi connectivity index (χ0n) is 16.3. The Hall–Kier alpha value is -2.80. The molecule has 0 aliphatic carbocycles. The molecule has 7 heteroatoms. The van der Waals surface area contributed by atoms with Gasteiger partial charge in [-0.05, 0) is 11.6 Å². The predicted molar refractivity (Wildman–Crippen MR) is 112 cm³/mol. The fourth-order valence-corrected chi connectivity index (χ4v) is 4.17. The van der Waals surface area contributed by atoms with Crippen LogP contribution in [0.25, 0.3) is 0 Å². The van der Waals surface area contributed by atoms with Crippen LogP contribution >= 0.6 is 11.8 Å². The van der Waals surface area contributed by atoms with Gasteiger partial charge in [-0.2, -0.15) is 4.98 Å². The Morgan fingerprint density at radius 2 is 1.93 bits per heavy atom. The first-order valence-electron chi connectivity index (χ1n) is 9.56. The van der Waals surface area contributed by atoms with E-state index in [-0.39, 0.29) is 11.8 Å². The van der Waals surface area contributed by atoms with E-state index in [1.165, 1.54) is 5.56 Å². The molecule has 1 amide bonds. The van der Waals surface area contributed by atoms with Crippen molar-refractivity contribution in [1.82, 2.24) is 15.0 Å². The highest BCUT2D eigenvalue weighted by Gasteiger charge is 2.35. The highest BCUT2D eigenvalue weighted by Crippen LogP contribution is 2.27. The van der Waals surface area contributed by atoms with E-state index >= 15 is 0 Å². The second-order valence-corrected chi connectivity index (χ2v) is 8.00. The average Bonchev–Trinajstić information content (AvgIpc) is 3.16. The highest BCUT2D eigenvalue weighted by atomic mass is 32.2. The van der Waals surface area contributed by atoms with Crippen molar-refractivity contribution in [2.24, 2.45) is 0 Å². The number of methoxy groups -OCH3 is 1. The quantitative estimate of drug-likeness (QED) is 0.567. The number of amides is 1. The molecule has 1 fully saturated rings. The fraction of sp³-hybridized carbons (Fsp3) is 0.318. The maximum absolute atomic E-state index is 12.3. The van der Waals surface area contributed by atoms with Crippen LogP contribution in [0.3, 0.4) is 0 Å². The van der Waals surface area contributed by atoms with Crippen molar-refractivity contribution in [3.63, 3.8) is 0 Å². The first-order valence-corrected chi connectivity index (χ1v) is 10.7. The van der Waals surface area contributed by atoms with Gasteiger partial charge in [-0.3, -0.25) is 4.79 Å². The monoisotopic (exact) mass is 409 g/mol. The topological polar surface area (TPSA) is 68.5 Å². The number of thioether (sulfide) groups is 1. The maximum atomic E-state index is 12.3. The second kappa shape index (κ2) is 9.13. The fourth-order valence-electron chi connectivity index (χ4n) is 3.28. The van der Waals surface area contributed by atoms with E-state index in [4.69, 9.17) is 9.26 Å². The molecule has 2 aromatic carbocycles. The van der Waals surface area contributed by atoms with Gasteiger partial charge in [0.2, 0.25) is 11.8 Å². The van der Waals surface area contributed by atoms with Crippen LogP contribution in [0.2, 0.25) is 0 Å². The summed E-state index contributed by atoms with van der Waals surface area (Å²) in [5.74, 6) is 3.67. The van der Waals surface area contributed by atoms with Crippen molar-refractivity contribution in [3.8, 4) is 5.75 Å². The molecule has 4 rings (SSSR count). The zero-order chi connectivity index (χ0) is 20.1. The van der Waals surface area contributed by atoms with Crippen LogP contribution in [0.4, 0.5) is 0 Å². The van der Waals surface area contributed by atoms with Crippen LogP contribution in [0.1, 0.15) is 28.8 Å². The average molecular weight is 410 g/mol. The van der Waals surface area contributed by atoms with Gasteiger partial charge >= 0.3 is 0 Å². The molecule has 1 aliphatic heterocycles. The van der Waals surface area contributed by atoms with E-state index in [0.717, 1.165) is 17.1 Å². The Kier molecular flexibility index (Phi) is 6.14. The van der Waals surface area contributed by atoms with Crippen LogP contribution in [-0.4, -0.2) is 46.9 Å². The molecule has 1 aromatic heterocycles. The molecule has 0 bridgehead atoms. The number of ether oxygens (including phenoxy) is 1. The van der Waals surface area contributed by atoms with Crippen LogP contribution in [-0.2, 0) is 17.0 Å². The van der Waals surface area contributed by atoms with Gasteiger partial charge in [0.1, 0.15) is 5.75 Å². The summed E-state index contributed by atoms with van der Waals surface area (Å²) in [7, 11) is 1.65. The number of hydrogen-bond acceptors (Lipinski definition) is 6. The van der Waals surface area contributed by atoms with Crippen LogP contribution in [0.5, 0.6) is 5.75 Å². The van der Waals surface area contributed by atoms with E-state index in [1.807, 2.05) is 47.4 Å². The lowest BCUT2D eigenvalue weighted by molar-refractivity contribution is -0.133. The minimum absolute atomic E-state index is 0.122.